The monoisotopic (exact) mass is 530 g/mol. The largest absolute Gasteiger partial charge is 0.378 e. The van der Waals surface area contributed by atoms with Crippen LogP contribution in [0.4, 0.5) is 8.78 Å². The fourth-order valence-corrected chi connectivity index (χ4v) is 5.28. The van der Waals surface area contributed by atoms with Crippen molar-refractivity contribution in [2.75, 3.05) is 26.3 Å². The Balaban J connectivity index is 1.58. The average molecular weight is 531 g/mol. The van der Waals surface area contributed by atoms with E-state index in [4.69, 9.17) is 4.74 Å². The van der Waals surface area contributed by atoms with E-state index < -0.39 is 11.6 Å². The van der Waals surface area contributed by atoms with Crippen molar-refractivity contribution in [1.29, 1.82) is 0 Å². The van der Waals surface area contributed by atoms with Gasteiger partial charge in [-0.25, -0.2) is 8.78 Å². The fourth-order valence-electron chi connectivity index (χ4n) is 4.24. The molecule has 5 rings (SSSR count). The molecule has 2 heterocycles. The van der Waals surface area contributed by atoms with Crippen LogP contribution in [0.15, 0.2) is 94.8 Å². The van der Waals surface area contributed by atoms with Crippen molar-refractivity contribution >= 4 is 39.8 Å². The minimum absolute atomic E-state index is 0.0175. The highest BCUT2D eigenvalue weighted by Gasteiger charge is 2.30. The number of carbonyl (C=O) groups excluding carboxylic acids is 2. The molecule has 192 valence electrons. The van der Waals surface area contributed by atoms with Gasteiger partial charge in [-0.2, -0.15) is 4.99 Å². The predicted molar refractivity (Wildman–Crippen MR) is 146 cm³/mol. The summed E-state index contributed by atoms with van der Waals surface area (Å²) in [6.45, 7) is 2.38. The molecule has 0 bridgehead atoms. The van der Waals surface area contributed by atoms with Gasteiger partial charge in [0.2, 0.25) is 0 Å². The summed E-state index contributed by atoms with van der Waals surface area (Å²) in [7, 11) is 0. The maximum Gasteiger partial charge on any atom is 0.286 e. The summed E-state index contributed by atoms with van der Waals surface area (Å²) in [5, 5.41) is 0.602. The van der Waals surface area contributed by atoms with Gasteiger partial charge in [0.25, 0.3) is 5.91 Å². The molecule has 1 saturated heterocycles. The van der Waals surface area contributed by atoms with Crippen LogP contribution in [0.1, 0.15) is 27.9 Å². The number of amides is 1. The molecule has 0 spiro atoms. The van der Waals surface area contributed by atoms with E-state index in [-0.39, 0.29) is 18.1 Å². The Morgan fingerprint density at radius 2 is 1.47 bits per heavy atom. The van der Waals surface area contributed by atoms with Crippen LogP contribution >= 0.6 is 11.8 Å². The molecule has 38 heavy (non-hydrogen) atoms. The molecule has 0 unspecified atom stereocenters. The number of ether oxygens (including phenoxy) is 1. The van der Waals surface area contributed by atoms with Crippen LogP contribution in [-0.4, -0.2) is 48.1 Å². The van der Waals surface area contributed by atoms with Gasteiger partial charge in [-0.15, -0.1) is 0 Å². The number of nitrogens with zero attached hydrogens (tertiary/aromatic N) is 2. The first-order chi connectivity index (χ1) is 18.5. The Bertz CT molecular complexity index is 1430. The van der Waals surface area contributed by atoms with Crippen LogP contribution in [-0.2, 0) is 9.53 Å². The smallest absolute Gasteiger partial charge is 0.286 e. The average Bonchev–Trinajstić information content (AvgIpc) is 3.34. The molecule has 1 amide bonds. The summed E-state index contributed by atoms with van der Waals surface area (Å²) in [6.07, 6.45) is 1.83. The zero-order chi connectivity index (χ0) is 26.5. The van der Waals surface area contributed by atoms with Crippen LogP contribution < -0.4 is 0 Å². The second-order valence-corrected chi connectivity index (χ2v) is 9.77. The van der Waals surface area contributed by atoms with E-state index >= 15 is 0 Å². The van der Waals surface area contributed by atoms with Gasteiger partial charge in [0.05, 0.1) is 18.1 Å². The van der Waals surface area contributed by atoms with E-state index in [1.807, 2.05) is 41.3 Å². The lowest BCUT2D eigenvalue weighted by atomic mass is 9.93. The number of aliphatic imine (C=N–C) groups is 1. The minimum atomic E-state index is -0.420. The fraction of sp³-hybridized carbons (Fsp3) is 0.167. The van der Waals surface area contributed by atoms with Crippen LogP contribution in [0.25, 0.3) is 11.1 Å². The van der Waals surface area contributed by atoms with Crippen molar-refractivity contribution in [3.8, 4) is 0 Å². The Morgan fingerprint density at radius 1 is 0.868 bits per heavy atom. The molecule has 0 aliphatic carbocycles. The molecule has 0 radical (unpaired) electrons. The summed E-state index contributed by atoms with van der Waals surface area (Å²) < 4.78 is 32.7. The zero-order valence-corrected chi connectivity index (χ0v) is 21.2. The van der Waals surface area contributed by atoms with E-state index in [1.54, 1.807) is 12.1 Å². The number of ketones is 1. The number of rotatable bonds is 6. The zero-order valence-electron chi connectivity index (χ0n) is 20.4. The molecule has 0 aromatic heterocycles. The topological polar surface area (TPSA) is 59.0 Å². The molecule has 8 heteroatoms. The quantitative estimate of drug-likeness (QED) is 0.289. The van der Waals surface area contributed by atoms with E-state index in [0.717, 1.165) is 5.56 Å². The van der Waals surface area contributed by atoms with Crippen molar-refractivity contribution in [2.45, 2.75) is 6.42 Å². The Kier molecular flexibility index (Phi) is 7.91. The number of hydrogen-bond acceptors (Lipinski definition) is 5. The molecular formula is C30H24F2N2O3S. The van der Waals surface area contributed by atoms with Gasteiger partial charge in [0.1, 0.15) is 11.6 Å². The Labute approximate surface area is 223 Å². The third kappa shape index (κ3) is 5.98. The lowest BCUT2D eigenvalue weighted by Crippen LogP contribution is -2.38. The lowest BCUT2D eigenvalue weighted by Gasteiger charge is -2.27. The van der Waals surface area contributed by atoms with Crippen LogP contribution in [0, 0.1) is 11.6 Å². The van der Waals surface area contributed by atoms with Crippen molar-refractivity contribution in [3.63, 3.8) is 0 Å². The minimum Gasteiger partial charge on any atom is -0.378 e. The van der Waals surface area contributed by atoms with Gasteiger partial charge in [-0.1, -0.05) is 42.5 Å². The van der Waals surface area contributed by atoms with E-state index in [9.17, 15) is 18.4 Å². The highest BCUT2D eigenvalue weighted by Crippen LogP contribution is 2.38. The highest BCUT2D eigenvalue weighted by molar-refractivity contribution is 8.18. The molecule has 0 N–H and O–H groups in total. The molecule has 2 aliphatic rings. The summed E-state index contributed by atoms with van der Waals surface area (Å²) in [6, 6.07) is 20.7. The van der Waals surface area contributed by atoms with Crippen LogP contribution in [0.2, 0.25) is 0 Å². The maximum atomic E-state index is 13.8. The van der Waals surface area contributed by atoms with Crippen molar-refractivity contribution < 1.29 is 23.1 Å². The molecule has 3 aromatic rings. The van der Waals surface area contributed by atoms with Gasteiger partial charge in [-0.3, -0.25) is 9.59 Å². The molecule has 0 saturated carbocycles. The highest BCUT2D eigenvalue weighted by atomic mass is 32.2. The van der Waals surface area contributed by atoms with E-state index in [0.29, 0.717) is 58.6 Å². The molecule has 0 atom stereocenters. The van der Waals surface area contributed by atoms with Crippen molar-refractivity contribution in [1.82, 2.24) is 4.90 Å². The molecule has 1 fully saturated rings. The van der Waals surface area contributed by atoms with Gasteiger partial charge in [-0.05, 0) is 70.9 Å². The number of carbonyl (C=O) groups is 2. The third-order valence-electron chi connectivity index (χ3n) is 6.25. The Hall–Kier alpha value is -3.88. The number of morpholine rings is 1. The maximum absolute atomic E-state index is 13.8. The number of Topliss-reactive ketones (excluding diaryl/α,β-unsaturated/α-hetero) is 1. The SMILES string of the molecule is O=C1N=C(N2CCOCC2)SC1=C(C=C(CC(=O)c1ccc(F)cc1)c1ccccc1)c1ccc(F)cc1. The lowest BCUT2D eigenvalue weighted by molar-refractivity contribution is -0.113. The van der Waals surface area contributed by atoms with Gasteiger partial charge in [0.15, 0.2) is 11.0 Å². The first-order valence-corrected chi connectivity index (χ1v) is 13.0. The number of allylic oxidation sites excluding steroid dienone is 3. The van der Waals surface area contributed by atoms with E-state index in [2.05, 4.69) is 4.99 Å². The van der Waals surface area contributed by atoms with Crippen molar-refractivity contribution in [3.05, 3.63) is 118 Å². The van der Waals surface area contributed by atoms with Crippen LogP contribution in [0.3, 0.4) is 0 Å². The standard InChI is InChI=1S/C30H24F2N2O3S/c31-24-10-6-21(7-11-24)26(28-29(36)33-30(38-28)34-14-16-37-17-15-34)18-23(20-4-2-1-3-5-20)19-27(35)22-8-12-25(32)13-9-22/h1-13,18H,14-17,19H2. The molecule has 2 aliphatic heterocycles. The number of amidine groups is 1. The van der Waals surface area contributed by atoms with E-state index in [1.165, 1.54) is 48.2 Å². The first-order valence-electron chi connectivity index (χ1n) is 12.2. The van der Waals surface area contributed by atoms with Crippen LogP contribution in [0.5, 0.6) is 0 Å². The summed E-state index contributed by atoms with van der Waals surface area (Å²) in [5.41, 5.74) is 3.03. The van der Waals surface area contributed by atoms with Gasteiger partial charge in [0, 0.05) is 30.6 Å². The summed E-state index contributed by atoms with van der Waals surface area (Å²) >= 11 is 1.27. The van der Waals surface area contributed by atoms with Gasteiger partial charge >= 0.3 is 0 Å². The molecule has 3 aromatic carbocycles. The normalized spacial score (nSPS) is 17.4. The van der Waals surface area contributed by atoms with Crippen molar-refractivity contribution in [2.24, 2.45) is 4.99 Å². The third-order valence-corrected chi connectivity index (χ3v) is 7.38. The Morgan fingerprint density at radius 3 is 2.11 bits per heavy atom. The number of halogens is 2. The summed E-state index contributed by atoms with van der Waals surface area (Å²) in [4.78, 5) is 33.1. The first kappa shape index (κ1) is 25.8. The molecular weight excluding hydrogens is 506 g/mol. The van der Waals surface area contributed by atoms with Gasteiger partial charge < -0.3 is 9.64 Å². The second kappa shape index (κ2) is 11.7. The predicted octanol–water partition coefficient (Wildman–Crippen LogP) is 5.99. The number of thioether (sulfide) groups is 1. The number of hydrogen-bond donors (Lipinski definition) is 0. The summed E-state index contributed by atoms with van der Waals surface area (Å²) in [5.74, 6) is -1.40. The molecule has 5 nitrogen and oxygen atoms in total. The number of benzene rings is 3. The second-order valence-electron chi connectivity index (χ2n) is 8.79.